The van der Waals surface area contributed by atoms with Crippen molar-refractivity contribution in [1.29, 1.82) is 0 Å². The number of aromatic nitrogens is 1. The van der Waals surface area contributed by atoms with Gasteiger partial charge in [0.05, 0.1) is 5.54 Å². The van der Waals surface area contributed by atoms with Crippen molar-refractivity contribution in [2.75, 3.05) is 11.5 Å². The standard InChI is InChI=1S/C40H37N3O2.Pt/c1-26(2)40(6)25-44-38(42-40)30-21-29(28-13-8-7-9-14-28)22-33(23-30)45-32-20-27(3)19-31(24-32)43-36-17-11-10-15-34(36)39(4,5)35-16-12-18-41-37(35)43;/h7-22,26H,25H2,1-6H3;/q-2;+2/t40-;/m0./s1. The van der Waals surface area contributed by atoms with E-state index >= 15 is 0 Å². The molecule has 1 aromatic heterocycles. The Morgan fingerprint density at radius 3 is 2.30 bits per heavy atom. The van der Waals surface area contributed by atoms with E-state index in [1.165, 1.54) is 11.1 Å². The number of hydrogen-bond donors (Lipinski definition) is 0. The van der Waals surface area contributed by atoms with Gasteiger partial charge in [0.2, 0.25) is 0 Å². The number of para-hydroxylation sites is 1. The third kappa shape index (κ3) is 5.67. The summed E-state index contributed by atoms with van der Waals surface area (Å²) in [6.07, 6.45) is 1.85. The van der Waals surface area contributed by atoms with Crippen molar-refractivity contribution < 1.29 is 30.5 Å². The molecule has 7 rings (SSSR count). The molecule has 0 unspecified atom stereocenters. The van der Waals surface area contributed by atoms with Crippen LogP contribution in [0.5, 0.6) is 11.5 Å². The number of anilines is 3. The molecule has 0 radical (unpaired) electrons. The normalized spacial score (nSPS) is 17.8. The second-order valence-corrected chi connectivity index (χ2v) is 13.1. The number of nitrogens with zero attached hydrogens (tertiary/aromatic N) is 3. The van der Waals surface area contributed by atoms with E-state index in [2.05, 4.69) is 113 Å². The van der Waals surface area contributed by atoms with E-state index < -0.39 is 0 Å². The minimum absolute atomic E-state index is 0. The fraction of sp³-hybridized carbons (Fsp3) is 0.250. The van der Waals surface area contributed by atoms with Gasteiger partial charge < -0.3 is 14.4 Å². The Bertz CT molecular complexity index is 1890. The number of ether oxygens (including phenoxy) is 2. The zero-order valence-electron chi connectivity index (χ0n) is 27.0. The summed E-state index contributed by atoms with van der Waals surface area (Å²) in [4.78, 5) is 12.1. The van der Waals surface area contributed by atoms with Gasteiger partial charge in [0.25, 0.3) is 0 Å². The van der Waals surface area contributed by atoms with Gasteiger partial charge in [-0.3, -0.25) is 4.99 Å². The van der Waals surface area contributed by atoms with Gasteiger partial charge in [-0.25, -0.2) is 4.98 Å². The van der Waals surface area contributed by atoms with Gasteiger partial charge in [-0.1, -0.05) is 118 Å². The first kappa shape index (κ1) is 31.8. The summed E-state index contributed by atoms with van der Waals surface area (Å²) >= 11 is 0. The maximum atomic E-state index is 6.60. The molecule has 46 heavy (non-hydrogen) atoms. The molecule has 0 saturated carbocycles. The number of hydrogen-bond acceptors (Lipinski definition) is 5. The van der Waals surface area contributed by atoms with Crippen molar-refractivity contribution in [3.63, 3.8) is 0 Å². The molecule has 6 heteroatoms. The van der Waals surface area contributed by atoms with E-state index in [4.69, 9.17) is 19.5 Å². The molecule has 5 nitrogen and oxygen atoms in total. The first-order valence-electron chi connectivity index (χ1n) is 15.6. The summed E-state index contributed by atoms with van der Waals surface area (Å²) in [6.45, 7) is 13.6. The molecule has 4 aromatic carbocycles. The van der Waals surface area contributed by atoms with E-state index in [0.29, 0.717) is 29.9 Å². The van der Waals surface area contributed by atoms with Gasteiger partial charge in [-0.05, 0) is 36.1 Å². The molecule has 3 heterocycles. The minimum atomic E-state index is -0.282. The fourth-order valence-electron chi connectivity index (χ4n) is 6.18. The van der Waals surface area contributed by atoms with Gasteiger partial charge in [0, 0.05) is 34.4 Å². The zero-order valence-corrected chi connectivity index (χ0v) is 29.3. The van der Waals surface area contributed by atoms with Crippen LogP contribution < -0.4 is 9.64 Å². The molecule has 0 saturated heterocycles. The Balaban J connectivity index is 0.00000372. The van der Waals surface area contributed by atoms with E-state index in [9.17, 15) is 0 Å². The third-order valence-electron chi connectivity index (χ3n) is 9.21. The van der Waals surface area contributed by atoms with Gasteiger partial charge in [0.15, 0.2) is 0 Å². The molecule has 2 aliphatic rings. The van der Waals surface area contributed by atoms with E-state index in [0.717, 1.165) is 39.4 Å². The smallest absolute Gasteiger partial charge is 0.518 e. The van der Waals surface area contributed by atoms with Crippen molar-refractivity contribution in [3.05, 3.63) is 132 Å². The predicted octanol–water partition coefficient (Wildman–Crippen LogP) is 9.75. The van der Waals surface area contributed by atoms with Crippen LogP contribution in [0.3, 0.4) is 0 Å². The molecule has 0 aliphatic carbocycles. The number of pyridine rings is 1. The molecule has 0 spiro atoms. The number of aryl methyl sites for hydroxylation is 1. The Hall–Kier alpha value is -4.21. The van der Waals surface area contributed by atoms with E-state index in [1.54, 1.807) is 0 Å². The van der Waals surface area contributed by atoms with Crippen LogP contribution in [0.2, 0.25) is 0 Å². The monoisotopic (exact) mass is 786 g/mol. The van der Waals surface area contributed by atoms with Crippen LogP contribution in [0.15, 0.2) is 102 Å². The quantitative estimate of drug-likeness (QED) is 0.161. The summed E-state index contributed by atoms with van der Waals surface area (Å²) in [6, 6.07) is 38.2. The fourth-order valence-corrected chi connectivity index (χ4v) is 6.18. The second-order valence-electron chi connectivity index (χ2n) is 13.1. The minimum Gasteiger partial charge on any atom is -0.518 e. The van der Waals surface area contributed by atoms with Crippen molar-refractivity contribution >= 4 is 23.1 Å². The van der Waals surface area contributed by atoms with Crippen LogP contribution in [0.1, 0.15) is 56.9 Å². The second kappa shape index (κ2) is 12.2. The van der Waals surface area contributed by atoms with Gasteiger partial charge in [-0.2, -0.15) is 5.56 Å². The zero-order chi connectivity index (χ0) is 31.3. The van der Waals surface area contributed by atoms with Crippen LogP contribution in [-0.2, 0) is 31.2 Å². The van der Waals surface area contributed by atoms with Gasteiger partial charge >= 0.3 is 21.1 Å². The maximum absolute atomic E-state index is 6.60. The van der Waals surface area contributed by atoms with Crippen molar-refractivity contribution in [3.8, 4) is 22.6 Å². The molecule has 234 valence electrons. The van der Waals surface area contributed by atoms with Crippen LogP contribution in [0.25, 0.3) is 11.1 Å². The number of aliphatic imine (C=N–C) groups is 1. The SMILES string of the molecule is Cc1cc(Oc2[c-]c(C3=N[C@](C)(C(C)C)CO3)cc(-c3ccccc3)c2)[c-]c(N2c3ccccc3C(C)(C)c3cccnc32)c1.[Pt+2]. The number of rotatable bonds is 6. The summed E-state index contributed by atoms with van der Waals surface area (Å²) in [5.41, 5.74) is 7.78. The van der Waals surface area contributed by atoms with Gasteiger partial charge in [0.1, 0.15) is 18.3 Å². The maximum Gasteiger partial charge on any atom is 2.00 e. The van der Waals surface area contributed by atoms with E-state index in [-0.39, 0.29) is 32.0 Å². The Morgan fingerprint density at radius 2 is 1.54 bits per heavy atom. The summed E-state index contributed by atoms with van der Waals surface area (Å²) in [5, 5.41) is 0. The summed E-state index contributed by atoms with van der Waals surface area (Å²) in [7, 11) is 0. The molecular formula is C40H37N3O2Pt. The van der Waals surface area contributed by atoms with Crippen LogP contribution in [0.4, 0.5) is 17.2 Å². The molecular weight excluding hydrogens is 750 g/mol. The molecule has 0 N–H and O–H groups in total. The Labute approximate surface area is 286 Å². The molecule has 0 amide bonds. The number of benzene rings is 4. The summed E-state index contributed by atoms with van der Waals surface area (Å²) < 4.78 is 12.8. The Morgan fingerprint density at radius 1 is 0.826 bits per heavy atom. The topological polar surface area (TPSA) is 47.0 Å². The predicted molar refractivity (Wildman–Crippen MR) is 181 cm³/mol. The Kier molecular flexibility index (Phi) is 8.41. The average Bonchev–Trinajstić information content (AvgIpc) is 3.45. The number of fused-ring (bicyclic) bond motifs is 2. The molecule has 1 atom stereocenters. The van der Waals surface area contributed by atoms with Crippen LogP contribution >= 0.6 is 0 Å². The van der Waals surface area contributed by atoms with Crippen LogP contribution in [-0.4, -0.2) is 23.0 Å². The first-order chi connectivity index (χ1) is 21.6. The average molecular weight is 787 g/mol. The molecule has 0 bridgehead atoms. The van der Waals surface area contributed by atoms with Crippen molar-refractivity contribution in [2.24, 2.45) is 10.9 Å². The molecule has 2 aliphatic heterocycles. The van der Waals surface area contributed by atoms with Crippen molar-refractivity contribution in [1.82, 2.24) is 4.98 Å². The molecule has 5 aromatic rings. The molecule has 0 fully saturated rings. The van der Waals surface area contributed by atoms with Crippen LogP contribution in [0, 0.1) is 25.0 Å². The van der Waals surface area contributed by atoms with E-state index in [1.807, 2.05) is 42.6 Å². The largest absolute Gasteiger partial charge is 2.00 e. The van der Waals surface area contributed by atoms with Gasteiger partial charge in [-0.15, -0.1) is 24.3 Å². The first-order valence-corrected chi connectivity index (χ1v) is 15.6. The van der Waals surface area contributed by atoms with Crippen molar-refractivity contribution in [2.45, 2.75) is 52.5 Å². The third-order valence-corrected chi connectivity index (χ3v) is 9.21. The summed E-state index contributed by atoms with van der Waals surface area (Å²) in [5.74, 6) is 3.01.